The Hall–Kier alpha value is -3.88. The lowest BCUT2D eigenvalue weighted by Gasteiger charge is -2.06. The summed E-state index contributed by atoms with van der Waals surface area (Å²) >= 11 is 0. The van der Waals surface area contributed by atoms with E-state index in [1.807, 2.05) is 38.1 Å². The second kappa shape index (κ2) is 7.03. The predicted molar refractivity (Wildman–Crippen MR) is 103 cm³/mol. The first-order chi connectivity index (χ1) is 13.5. The van der Waals surface area contributed by atoms with Crippen LogP contribution in [0.15, 0.2) is 48.8 Å². The molecule has 9 heteroatoms. The summed E-state index contributed by atoms with van der Waals surface area (Å²) in [5, 5.41) is 22.7. The lowest BCUT2D eigenvalue weighted by Crippen LogP contribution is -2.14. The highest BCUT2D eigenvalue weighted by molar-refractivity contribution is 6.03. The van der Waals surface area contributed by atoms with Crippen LogP contribution in [0.3, 0.4) is 0 Å². The number of nitrogens with zero attached hydrogens (tertiary/aromatic N) is 7. The number of carbonyl (C=O) groups excluding carboxylic acids is 1. The zero-order valence-corrected chi connectivity index (χ0v) is 15.7. The monoisotopic (exact) mass is 374 g/mol. The lowest BCUT2D eigenvalue weighted by molar-refractivity contribution is 0.102. The van der Waals surface area contributed by atoms with E-state index in [-0.39, 0.29) is 11.6 Å². The molecule has 1 N–H and O–H groups in total. The van der Waals surface area contributed by atoms with Crippen LogP contribution in [-0.4, -0.2) is 41.1 Å². The molecule has 0 radical (unpaired) electrons. The minimum absolute atomic E-state index is 0.271. The van der Waals surface area contributed by atoms with Gasteiger partial charge in [0.25, 0.3) is 5.91 Å². The standard InChI is InChI=1S/C19H18N8O/c1-12-7-8-17(13(2)9-12)27-22-14(3)18(23-27)19(28)21-15-5-4-6-16(10-15)26-11-20-24-25-26/h4-11H,1-3H3,(H,21,28). The lowest BCUT2D eigenvalue weighted by atomic mass is 10.1. The highest BCUT2D eigenvalue weighted by Gasteiger charge is 2.17. The van der Waals surface area contributed by atoms with Crippen LogP contribution in [0.25, 0.3) is 11.4 Å². The average molecular weight is 374 g/mol. The number of nitrogens with one attached hydrogen (secondary N) is 1. The van der Waals surface area contributed by atoms with Crippen LogP contribution in [0.1, 0.15) is 27.3 Å². The maximum atomic E-state index is 12.7. The van der Waals surface area contributed by atoms with Crippen LogP contribution < -0.4 is 5.32 Å². The van der Waals surface area contributed by atoms with Gasteiger partial charge < -0.3 is 5.32 Å². The topological polar surface area (TPSA) is 103 Å². The molecule has 0 fully saturated rings. The molecule has 0 unspecified atom stereocenters. The van der Waals surface area contributed by atoms with Gasteiger partial charge in [-0.25, -0.2) is 4.68 Å². The van der Waals surface area contributed by atoms with E-state index in [1.54, 1.807) is 19.1 Å². The van der Waals surface area contributed by atoms with Crippen molar-refractivity contribution in [2.45, 2.75) is 20.8 Å². The molecule has 0 saturated heterocycles. The van der Waals surface area contributed by atoms with E-state index in [2.05, 4.69) is 37.1 Å². The number of aromatic nitrogens is 7. The van der Waals surface area contributed by atoms with Gasteiger partial charge in [-0.1, -0.05) is 23.8 Å². The van der Waals surface area contributed by atoms with E-state index in [0.29, 0.717) is 11.4 Å². The fourth-order valence-corrected chi connectivity index (χ4v) is 2.92. The number of hydrogen-bond donors (Lipinski definition) is 1. The van der Waals surface area contributed by atoms with Gasteiger partial charge in [-0.15, -0.1) is 10.2 Å². The first-order valence-electron chi connectivity index (χ1n) is 8.67. The number of anilines is 1. The average Bonchev–Trinajstić information content (AvgIpc) is 3.32. The SMILES string of the molecule is Cc1ccc(-n2nc(C)c(C(=O)Nc3cccc(-n4cnnn4)c3)n2)c(C)c1. The number of hydrogen-bond acceptors (Lipinski definition) is 6. The Labute approximate surface area is 161 Å². The Morgan fingerprint density at radius 2 is 1.89 bits per heavy atom. The molecule has 0 saturated carbocycles. The Balaban J connectivity index is 1.59. The van der Waals surface area contributed by atoms with Crippen molar-refractivity contribution in [2.75, 3.05) is 5.32 Å². The molecular weight excluding hydrogens is 356 g/mol. The van der Waals surface area contributed by atoms with Gasteiger partial charge in [0.2, 0.25) is 0 Å². The van der Waals surface area contributed by atoms with Crippen LogP contribution in [-0.2, 0) is 0 Å². The molecule has 9 nitrogen and oxygen atoms in total. The first-order valence-corrected chi connectivity index (χ1v) is 8.67. The van der Waals surface area contributed by atoms with E-state index in [1.165, 1.54) is 15.8 Å². The fraction of sp³-hybridized carbons (Fsp3) is 0.158. The quantitative estimate of drug-likeness (QED) is 0.588. The second-order valence-electron chi connectivity index (χ2n) is 6.47. The molecule has 0 aliphatic rings. The van der Waals surface area contributed by atoms with Crippen molar-refractivity contribution < 1.29 is 4.79 Å². The van der Waals surface area contributed by atoms with E-state index in [4.69, 9.17) is 0 Å². The molecule has 0 atom stereocenters. The van der Waals surface area contributed by atoms with E-state index < -0.39 is 0 Å². The summed E-state index contributed by atoms with van der Waals surface area (Å²) in [4.78, 5) is 14.2. The van der Waals surface area contributed by atoms with Crippen molar-refractivity contribution in [3.63, 3.8) is 0 Å². The zero-order chi connectivity index (χ0) is 19.7. The van der Waals surface area contributed by atoms with Crippen LogP contribution in [0, 0.1) is 20.8 Å². The molecular formula is C19H18N8O. The molecule has 0 spiro atoms. The van der Waals surface area contributed by atoms with Gasteiger partial charge in [0.15, 0.2) is 5.69 Å². The largest absolute Gasteiger partial charge is 0.320 e. The number of benzene rings is 2. The van der Waals surface area contributed by atoms with E-state index >= 15 is 0 Å². The minimum atomic E-state index is -0.331. The number of rotatable bonds is 4. The molecule has 2 heterocycles. The maximum Gasteiger partial charge on any atom is 0.278 e. The molecule has 1 amide bonds. The summed E-state index contributed by atoms with van der Waals surface area (Å²) < 4.78 is 1.51. The molecule has 4 aromatic rings. The Bertz CT molecular complexity index is 1150. The summed E-state index contributed by atoms with van der Waals surface area (Å²) in [6.07, 6.45) is 1.49. The highest BCUT2D eigenvalue weighted by Crippen LogP contribution is 2.17. The van der Waals surface area contributed by atoms with Crippen LogP contribution in [0.5, 0.6) is 0 Å². The number of aryl methyl sites for hydroxylation is 3. The van der Waals surface area contributed by atoms with E-state index in [0.717, 1.165) is 22.5 Å². The molecule has 0 aliphatic carbocycles. The molecule has 4 rings (SSSR count). The van der Waals surface area contributed by atoms with Gasteiger partial charge in [0.1, 0.15) is 6.33 Å². The molecule has 140 valence electrons. The molecule has 2 aromatic heterocycles. The fourth-order valence-electron chi connectivity index (χ4n) is 2.92. The van der Waals surface area contributed by atoms with Gasteiger partial charge in [0.05, 0.1) is 17.1 Å². The van der Waals surface area contributed by atoms with Crippen molar-refractivity contribution >= 4 is 11.6 Å². The molecule has 28 heavy (non-hydrogen) atoms. The van der Waals surface area contributed by atoms with Crippen molar-refractivity contribution in [1.29, 1.82) is 0 Å². The normalized spacial score (nSPS) is 10.8. The summed E-state index contributed by atoms with van der Waals surface area (Å²) in [6.45, 7) is 5.78. The number of amides is 1. The third-order valence-electron chi connectivity index (χ3n) is 4.28. The first kappa shape index (κ1) is 17.5. The third kappa shape index (κ3) is 3.37. The molecule has 0 aliphatic heterocycles. The van der Waals surface area contributed by atoms with Gasteiger partial charge in [-0.2, -0.15) is 9.90 Å². The van der Waals surface area contributed by atoms with Gasteiger partial charge in [-0.3, -0.25) is 4.79 Å². The Kier molecular flexibility index (Phi) is 4.40. The number of carbonyl (C=O) groups is 1. The Morgan fingerprint density at radius 3 is 2.64 bits per heavy atom. The maximum absolute atomic E-state index is 12.7. The molecule has 0 bridgehead atoms. The smallest absolute Gasteiger partial charge is 0.278 e. The summed E-state index contributed by atoms with van der Waals surface area (Å²) in [6, 6.07) is 13.2. The van der Waals surface area contributed by atoms with Crippen molar-refractivity contribution in [2.24, 2.45) is 0 Å². The van der Waals surface area contributed by atoms with Crippen LogP contribution in [0.4, 0.5) is 5.69 Å². The van der Waals surface area contributed by atoms with Crippen molar-refractivity contribution in [1.82, 2.24) is 35.2 Å². The van der Waals surface area contributed by atoms with Crippen molar-refractivity contribution in [3.05, 3.63) is 71.3 Å². The summed E-state index contributed by atoms with van der Waals surface area (Å²) in [7, 11) is 0. The third-order valence-corrected chi connectivity index (χ3v) is 4.28. The van der Waals surface area contributed by atoms with Crippen molar-refractivity contribution in [3.8, 4) is 11.4 Å². The van der Waals surface area contributed by atoms with Crippen LogP contribution in [0.2, 0.25) is 0 Å². The zero-order valence-electron chi connectivity index (χ0n) is 15.7. The summed E-state index contributed by atoms with van der Waals surface area (Å²) in [5.41, 5.74) is 5.20. The van der Waals surface area contributed by atoms with Gasteiger partial charge >= 0.3 is 0 Å². The predicted octanol–water partition coefficient (Wildman–Crippen LogP) is 2.42. The molecule has 2 aromatic carbocycles. The van der Waals surface area contributed by atoms with E-state index in [9.17, 15) is 4.79 Å². The van der Waals surface area contributed by atoms with Crippen LogP contribution >= 0.6 is 0 Å². The Morgan fingerprint density at radius 1 is 1.04 bits per heavy atom. The summed E-state index contributed by atoms with van der Waals surface area (Å²) in [5.74, 6) is -0.331. The minimum Gasteiger partial charge on any atom is -0.320 e. The number of tetrazole rings is 1. The highest BCUT2D eigenvalue weighted by atomic mass is 16.2. The van der Waals surface area contributed by atoms with Gasteiger partial charge in [-0.05, 0) is 61.0 Å². The van der Waals surface area contributed by atoms with Gasteiger partial charge in [0, 0.05) is 5.69 Å². The second-order valence-corrected chi connectivity index (χ2v) is 6.47.